The Morgan fingerprint density at radius 1 is 1.25 bits per heavy atom. The molecule has 0 aliphatic rings. The molecule has 0 atom stereocenters. The molecule has 28 heavy (non-hydrogen) atoms. The number of rotatable bonds is 2. The monoisotopic (exact) mass is 395 g/mol. The minimum absolute atomic E-state index is 0. The highest BCUT2D eigenvalue weighted by molar-refractivity contribution is 6.10. The van der Waals surface area contributed by atoms with Gasteiger partial charge >= 0.3 is 5.97 Å². The molecule has 0 saturated heterocycles. The van der Waals surface area contributed by atoms with Crippen molar-refractivity contribution in [3.05, 3.63) is 69.9 Å². The molecule has 3 aromatic heterocycles. The van der Waals surface area contributed by atoms with Crippen LogP contribution in [0.25, 0.3) is 33.5 Å². The molecule has 0 aliphatic carbocycles. The highest BCUT2D eigenvalue weighted by Crippen LogP contribution is 2.22. The van der Waals surface area contributed by atoms with Gasteiger partial charge in [-0.15, -0.1) is 12.4 Å². The summed E-state index contributed by atoms with van der Waals surface area (Å²) in [5, 5.41) is 11.9. The Kier molecular flexibility index (Phi) is 3.93. The average Bonchev–Trinajstić information content (AvgIpc) is 3.33. The largest absolute Gasteiger partial charge is 0.476 e. The summed E-state index contributed by atoms with van der Waals surface area (Å²) in [5.74, 6) is -0.442. The van der Waals surface area contributed by atoms with Gasteiger partial charge in [0.1, 0.15) is 5.82 Å². The summed E-state index contributed by atoms with van der Waals surface area (Å²) >= 11 is 0. The molecule has 0 amide bonds. The van der Waals surface area contributed by atoms with Crippen LogP contribution in [0.4, 0.5) is 0 Å². The van der Waals surface area contributed by atoms with E-state index in [1.807, 2.05) is 48.2 Å². The summed E-state index contributed by atoms with van der Waals surface area (Å²) in [6, 6.07) is 7.70. The van der Waals surface area contributed by atoms with Crippen molar-refractivity contribution in [1.29, 1.82) is 0 Å². The standard InChI is InChI=1S/C19H13N5O3.ClH/c1-23-7-6-20-14(23)8-12-10-4-2-3-5-11(10)15-16(12)24-9-13(19(26)27)21-17(24)18(25)22-15;/h2-9H,1H3,(H,22,25)(H,26,27);1H. The van der Waals surface area contributed by atoms with Gasteiger partial charge in [0.2, 0.25) is 5.65 Å². The van der Waals surface area contributed by atoms with E-state index < -0.39 is 11.5 Å². The maximum Gasteiger partial charge on any atom is 0.356 e. The van der Waals surface area contributed by atoms with Crippen LogP contribution in [0.15, 0.2) is 47.7 Å². The summed E-state index contributed by atoms with van der Waals surface area (Å²) in [6.07, 6.45) is 6.85. The number of fused-ring (bicyclic) bond motifs is 5. The van der Waals surface area contributed by atoms with Crippen LogP contribution < -0.4 is 10.8 Å². The number of halogens is 1. The van der Waals surface area contributed by atoms with Crippen molar-refractivity contribution in [3.63, 3.8) is 0 Å². The summed E-state index contributed by atoms with van der Waals surface area (Å²) in [5.41, 5.74) is 0.756. The van der Waals surface area contributed by atoms with Crippen molar-refractivity contribution in [2.75, 3.05) is 0 Å². The summed E-state index contributed by atoms with van der Waals surface area (Å²) in [7, 11) is 1.89. The highest BCUT2D eigenvalue weighted by Gasteiger charge is 2.17. The fraction of sp³-hybridized carbons (Fsp3) is 0.0526. The lowest BCUT2D eigenvalue weighted by atomic mass is 10.2. The van der Waals surface area contributed by atoms with E-state index in [1.54, 1.807) is 10.6 Å². The molecule has 0 bridgehead atoms. The van der Waals surface area contributed by atoms with Gasteiger partial charge in [0, 0.05) is 36.2 Å². The Balaban J connectivity index is 0.00000192. The molecule has 8 nitrogen and oxygen atoms in total. The van der Waals surface area contributed by atoms with Crippen molar-refractivity contribution in [2.24, 2.45) is 7.05 Å². The molecule has 2 N–H and O–H groups in total. The molecule has 5 aromatic rings. The van der Waals surface area contributed by atoms with Crippen LogP contribution in [-0.4, -0.2) is 35.0 Å². The summed E-state index contributed by atoms with van der Waals surface area (Å²) < 4.78 is 3.43. The molecule has 0 saturated carbocycles. The minimum Gasteiger partial charge on any atom is -0.476 e. The van der Waals surface area contributed by atoms with Crippen LogP contribution in [0.2, 0.25) is 0 Å². The zero-order valence-corrected chi connectivity index (χ0v) is 15.4. The van der Waals surface area contributed by atoms with E-state index in [2.05, 4.69) is 15.0 Å². The maximum absolute atomic E-state index is 12.5. The first-order valence-electron chi connectivity index (χ1n) is 8.22. The first-order valence-corrected chi connectivity index (χ1v) is 8.22. The number of hydrogen-bond acceptors (Lipinski definition) is 4. The van der Waals surface area contributed by atoms with Crippen molar-refractivity contribution < 1.29 is 9.90 Å². The number of nitrogens with one attached hydrogen (secondary N) is 1. The van der Waals surface area contributed by atoms with Crippen molar-refractivity contribution >= 4 is 51.9 Å². The number of aromatic amines is 1. The van der Waals surface area contributed by atoms with Gasteiger partial charge in [-0.25, -0.2) is 14.8 Å². The Bertz CT molecular complexity index is 1500. The molecule has 2 aromatic carbocycles. The smallest absolute Gasteiger partial charge is 0.356 e. The van der Waals surface area contributed by atoms with Crippen LogP contribution >= 0.6 is 12.4 Å². The molecular weight excluding hydrogens is 382 g/mol. The normalized spacial score (nSPS) is 12.1. The third-order valence-electron chi connectivity index (χ3n) is 4.72. The van der Waals surface area contributed by atoms with Gasteiger partial charge < -0.3 is 14.7 Å². The van der Waals surface area contributed by atoms with Crippen molar-refractivity contribution in [1.82, 2.24) is 23.9 Å². The van der Waals surface area contributed by atoms with Gasteiger partial charge in [-0.05, 0) is 11.5 Å². The van der Waals surface area contributed by atoms with Crippen molar-refractivity contribution in [3.8, 4) is 0 Å². The number of benzene rings is 1. The van der Waals surface area contributed by atoms with Crippen LogP contribution in [0, 0.1) is 0 Å². The number of H-pyrrole nitrogens is 1. The predicted octanol–water partition coefficient (Wildman–Crippen LogP) is 1.73. The molecule has 0 spiro atoms. The Morgan fingerprint density at radius 3 is 2.68 bits per heavy atom. The van der Waals surface area contributed by atoms with E-state index in [0.717, 1.165) is 21.8 Å². The van der Waals surface area contributed by atoms with Crippen LogP contribution in [0.5, 0.6) is 0 Å². The number of carbonyl (C=O) groups is 1. The van der Waals surface area contributed by atoms with E-state index in [1.165, 1.54) is 6.20 Å². The highest BCUT2D eigenvalue weighted by atomic mass is 35.5. The number of aromatic carboxylic acids is 1. The Morgan fingerprint density at radius 2 is 2.00 bits per heavy atom. The molecule has 5 rings (SSSR count). The quantitative estimate of drug-likeness (QED) is 0.473. The predicted molar refractivity (Wildman–Crippen MR) is 107 cm³/mol. The van der Waals surface area contributed by atoms with Gasteiger partial charge in [-0.1, -0.05) is 24.3 Å². The first kappa shape index (κ1) is 17.7. The Labute approximate surface area is 163 Å². The zero-order chi connectivity index (χ0) is 18.7. The first-order chi connectivity index (χ1) is 13.0. The SMILES string of the molecule is Cl.Cn1ccnc1C=c1c2ccccc2c2[nH]c(=O)c3nc(C(=O)O)cn3c12. The maximum atomic E-state index is 12.5. The van der Waals surface area contributed by atoms with Crippen LogP contribution in [0.1, 0.15) is 16.3 Å². The van der Waals surface area contributed by atoms with Crippen molar-refractivity contribution in [2.45, 2.75) is 0 Å². The molecule has 0 radical (unpaired) electrons. The van der Waals surface area contributed by atoms with Crippen LogP contribution in [-0.2, 0) is 7.05 Å². The zero-order valence-electron chi connectivity index (χ0n) is 14.6. The van der Waals surface area contributed by atoms with E-state index in [9.17, 15) is 14.7 Å². The topological polar surface area (TPSA) is 105 Å². The number of nitrogens with zero attached hydrogens (tertiary/aromatic N) is 4. The average molecular weight is 396 g/mol. The number of aryl methyl sites for hydroxylation is 1. The molecule has 9 heteroatoms. The Hall–Kier alpha value is -3.65. The van der Waals surface area contributed by atoms with E-state index in [4.69, 9.17) is 0 Å². The fourth-order valence-electron chi connectivity index (χ4n) is 3.48. The lowest BCUT2D eigenvalue weighted by molar-refractivity contribution is 0.0691. The summed E-state index contributed by atoms with van der Waals surface area (Å²) in [4.78, 5) is 35.0. The van der Waals surface area contributed by atoms with Gasteiger partial charge in [0.25, 0.3) is 5.56 Å². The number of hydrogen-bond donors (Lipinski definition) is 2. The number of carboxylic acids is 1. The number of aromatic nitrogens is 5. The third-order valence-corrected chi connectivity index (χ3v) is 4.72. The minimum atomic E-state index is -1.18. The third kappa shape index (κ3) is 2.39. The van der Waals surface area contributed by atoms with Gasteiger partial charge in [-0.2, -0.15) is 0 Å². The van der Waals surface area contributed by atoms with Crippen LogP contribution in [0.3, 0.4) is 0 Å². The molecule has 140 valence electrons. The lowest BCUT2D eigenvalue weighted by Crippen LogP contribution is -2.13. The lowest BCUT2D eigenvalue weighted by Gasteiger charge is -1.98. The second-order valence-electron chi connectivity index (χ2n) is 6.30. The summed E-state index contributed by atoms with van der Waals surface area (Å²) in [6.45, 7) is 0. The van der Waals surface area contributed by atoms with E-state index in [0.29, 0.717) is 11.0 Å². The van der Waals surface area contributed by atoms with Gasteiger partial charge in [0.15, 0.2) is 5.69 Å². The molecule has 0 aliphatic heterocycles. The molecular formula is C19H14ClN5O3. The fourth-order valence-corrected chi connectivity index (χ4v) is 3.48. The molecule has 3 heterocycles. The number of carboxylic acid groups (broad SMARTS) is 1. The molecule has 0 unspecified atom stereocenters. The van der Waals surface area contributed by atoms with E-state index in [-0.39, 0.29) is 23.7 Å². The molecule has 0 fully saturated rings. The second-order valence-corrected chi connectivity index (χ2v) is 6.30. The van der Waals surface area contributed by atoms with E-state index >= 15 is 0 Å². The van der Waals surface area contributed by atoms with Gasteiger partial charge in [0.05, 0.1) is 11.0 Å². The number of imidazole rings is 2. The van der Waals surface area contributed by atoms with Gasteiger partial charge in [-0.3, -0.25) is 9.20 Å². The second kappa shape index (κ2) is 6.21.